The van der Waals surface area contributed by atoms with Crippen LogP contribution in [0, 0.1) is 0 Å². The van der Waals surface area contributed by atoms with Gasteiger partial charge in [-0.25, -0.2) is 0 Å². The molecule has 2 heterocycles. The van der Waals surface area contributed by atoms with Gasteiger partial charge in [0.2, 0.25) is 6.10 Å². The van der Waals surface area contributed by atoms with Gasteiger partial charge in [0.05, 0.1) is 22.7 Å². The van der Waals surface area contributed by atoms with Gasteiger partial charge < -0.3 is 14.8 Å². The highest BCUT2D eigenvalue weighted by Crippen LogP contribution is 2.38. The molecule has 0 bridgehead atoms. The van der Waals surface area contributed by atoms with Gasteiger partial charge >= 0.3 is 6.18 Å². The van der Waals surface area contributed by atoms with Crippen LogP contribution in [-0.4, -0.2) is 28.8 Å². The second-order valence-corrected chi connectivity index (χ2v) is 6.72. The molecule has 28 heavy (non-hydrogen) atoms. The van der Waals surface area contributed by atoms with E-state index in [1.807, 2.05) is 12.1 Å². The highest BCUT2D eigenvalue weighted by atomic mass is 32.1. The maximum absolute atomic E-state index is 12.8. The van der Waals surface area contributed by atoms with Gasteiger partial charge in [-0.1, -0.05) is 6.07 Å². The number of benzene rings is 2. The monoisotopic (exact) mass is 409 g/mol. The lowest BCUT2D eigenvalue weighted by atomic mass is 10.1. The molecule has 1 amide bonds. The van der Waals surface area contributed by atoms with Gasteiger partial charge in [0.25, 0.3) is 5.91 Å². The van der Waals surface area contributed by atoms with Gasteiger partial charge in [-0.05, 0) is 35.9 Å². The Balaban J connectivity index is 1.44. The Bertz CT molecular complexity index is 1040. The number of hydrogen-bond acceptors (Lipinski definition) is 5. The summed E-state index contributed by atoms with van der Waals surface area (Å²) in [4.78, 5) is 12.5. The number of amides is 1. The average Bonchev–Trinajstić information content (AvgIpc) is 3.14. The van der Waals surface area contributed by atoms with Crippen molar-refractivity contribution < 1.29 is 27.4 Å². The second kappa shape index (κ2) is 6.93. The summed E-state index contributed by atoms with van der Waals surface area (Å²) in [7, 11) is 0. The summed E-state index contributed by atoms with van der Waals surface area (Å²) in [6.45, 7) is -0.207. The highest BCUT2D eigenvalue weighted by Gasteiger charge is 2.34. The van der Waals surface area contributed by atoms with E-state index in [2.05, 4.69) is 28.1 Å². The van der Waals surface area contributed by atoms with Gasteiger partial charge in [-0.3, -0.25) is 9.89 Å². The molecule has 6 nitrogen and oxygen atoms in total. The predicted octanol–water partition coefficient (Wildman–Crippen LogP) is 3.47. The van der Waals surface area contributed by atoms with Crippen molar-refractivity contribution in [3.05, 3.63) is 53.7 Å². The van der Waals surface area contributed by atoms with Crippen molar-refractivity contribution in [2.45, 2.75) is 17.7 Å². The number of halogens is 3. The van der Waals surface area contributed by atoms with Gasteiger partial charge in [0.15, 0.2) is 11.5 Å². The average molecular weight is 409 g/mol. The number of carbonyl (C=O) groups is 1. The lowest BCUT2D eigenvalue weighted by Gasteiger charge is -2.27. The molecule has 2 N–H and O–H groups in total. The van der Waals surface area contributed by atoms with Crippen molar-refractivity contribution in [2.75, 3.05) is 6.61 Å². The van der Waals surface area contributed by atoms with Crippen molar-refractivity contribution in [2.24, 2.45) is 0 Å². The predicted molar refractivity (Wildman–Crippen MR) is 97.3 cm³/mol. The number of rotatable bonds is 3. The van der Waals surface area contributed by atoms with Crippen molar-refractivity contribution in [3.63, 3.8) is 0 Å². The van der Waals surface area contributed by atoms with Crippen LogP contribution in [0.3, 0.4) is 0 Å². The van der Waals surface area contributed by atoms with Crippen molar-refractivity contribution >= 4 is 29.4 Å². The molecular weight excluding hydrogens is 395 g/mol. The molecule has 0 saturated heterocycles. The molecule has 0 aliphatic carbocycles. The minimum Gasteiger partial charge on any atom is -0.485 e. The normalized spacial score (nSPS) is 17.4. The molecule has 146 valence electrons. The highest BCUT2D eigenvalue weighted by molar-refractivity contribution is 7.80. The number of fused-ring (bicyclic) bond motifs is 2. The van der Waals surface area contributed by atoms with Gasteiger partial charge in [0, 0.05) is 5.39 Å². The molecule has 4 rings (SSSR count). The summed E-state index contributed by atoms with van der Waals surface area (Å²) in [6, 6.07) is 8.33. The molecule has 10 heteroatoms. The van der Waals surface area contributed by atoms with E-state index in [1.165, 1.54) is 0 Å². The number of alkyl halides is 3. The number of H-pyrrole nitrogens is 1. The molecule has 0 spiro atoms. The zero-order valence-electron chi connectivity index (χ0n) is 14.2. The Kier molecular flexibility index (Phi) is 4.58. The van der Waals surface area contributed by atoms with Gasteiger partial charge in [-0.2, -0.15) is 18.3 Å². The summed E-state index contributed by atoms with van der Waals surface area (Å²) >= 11 is 4.40. The van der Waals surface area contributed by atoms with Crippen molar-refractivity contribution in [3.8, 4) is 11.5 Å². The number of ether oxygens (including phenoxy) is 2. The summed E-state index contributed by atoms with van der Waals surface area (Å²) in [6.07, 6.45) is -3.83. The van der Waals surface area contributed by atoms with Crippen molar-refractivity contribution in [1.29, 1.82) is 0 Å². The first-order valence-corrected chi connectivity index (χ1v) is 8.75. The third kappa shape index (κ3) is 3.59. The van der Waals surface area contributed by atoms with Crippen molar-refractivity contribution in [1.82, 2.24) is 15.5 Å². The van der Waals surface area contributed by atoms with Crippen LogP contribution in [0.5, 0.6) is 11.5 Å². The first-order chi connectivity index (χ1) is 13.3. The van der Waals surface area contributed by atoms with E-state index >= 15 is 0 Å². The quantitative estimate of drug-likeness (QED) is 0.457. The van der Waals surface area contributed by atoms with Crippen LogP contribution in [-0.2, 0) is 11.0 Å². The van der Waals surface area contributed by atoms with Gasteiger partial charge in [-0.15, -0.1) is 12.6 Å². The Hall–Kier alpha value is -2.88. The van der Waals surface area contributed by atoms with Crippen LogP contribution in [0.25, 0.3) is 10.9 Å². The van der Waals surface area contributed by atoms with E-state index in [-0.39, 0.29) is 18.1 Å². The van der Waals surface area contributed by atoms with Crippen LogP contribution < -0.4 is 14.8 Å². The third-order valence-electron chi connectivity index (χ3n) is 4.28. The standard InChI is InChI=1S/C18H14F3N3O3S/c19-18(20,21)11-2-4-13-14(6-11)26-8-15(27-13)16(25)23-17(28)9-1-3-12-10(5-9)7-22-24-12/h1-7,15,17,28H,8H2,(H,22,24)(H,23,25)/t15-,17?/m0/s1. The summed E-state index contributed by atoms with van der Waals surface area (Å²) in [5.74, 6) is -0.459. The zero-order valence-corrected chi connectivity index (χ0v) is 15.1. The zero-order chi connectivity index (χ0) is 19.9. The van der Waals surface area contributed by atoms with E-state index in [4.69, 9.17) is 9.47 Å². The Morgan fingerprint density at radius 2 is 2.07 bits per heavy atom. The largest absolute Gasteiger partial charge is 0.485 e. The summed E-state index contributed by atoms with van der Waals surface area (Å²) < 4.78 is 49.1. The number of thiol groups is 1. The molecule has 0 saturated carbocycles. The number of aromatic nitrogens is 2. The van der Waals surface area contributed by atoms with E-state index in [9.17, 15) is 18.0 Å². The van der Waals surface area contributed by atoms with Gasteiger partial charge in [0.1, 0.15) is 6.61 Å². The second-order valence-electron chi connectivity index (χ2n) is 6.20. The Morgan fingerprint density at radius 1 is 1.25 bits per heavy atom. The maximum atomic E-state index is 12.8. The smallest absolute Gasteiger partial charge is 0.416 e. The van der Waals surface area contributed by atoms with Crippen LogP contribution >= 0.6 is 12.6 Å². The number of hydrogen-bond donors (Lipinski definition) is 3. The first-order valence-electron chi connectivity index (χ1n) is 8.23. The lowest BCUT2D eigenvalue weighted by Crippen LogP contribution is -2.44. The molecule has 1 aromatic heterocycles. The van der Waals surface area contributed by atoms with Crippen LogP contribution in [0.1, 0.15) is 16.5 Å². The Labute approximate surface area is 162 Å². The Morgan fingerprint density at radius 3 is 2.86 bits per heavy atom. The fourth-order valence-corrected chi connectivity index (χ4v) is 3.11. The first kappa shape index (κ1) is 18.5. The van der Waals surface area contributed by atoms with Crippen LogP contribution in [0.2, 0.25) is 0 Å². The minimum atomic E-state index is -4.48. The molecule has 1 unspecified atom stereocenters. The van der Waals surface area contributed by atoms with E-state index in [1.54, 1.807) is 12.3 Å². The molecule has 0 fully saturated rings. The fraction of sp³-hybridized carbons (Fsp3) is 0.222. The van der Waals surface area contributed by atoms with Crippen LogP contribution in [0.4, 0.5) is 13.2 Å². The van der Waals surface area contributed by atoms with Crippen LogP contribution in [0.15, 0.2) is 42.6 Å². The summed E-state index contributed by atoms with van der Waals surface area (Å²) in [5.41, 5.74) is 0.759. The molecule has 1 aliphatic rings. The molecule has 1 aliphatic heterocycles. The van der Waals surface area contributed by atoms with E-state index < -0.39 is 29.1 Å². The molecule has 2 atom stereocenters. The molecule has 3 aromatic rings. The number of nitrogens with one attached hydrogen (secondary N) is 2. The molecule has 0 radical (unpaired) electrons. The number of aromatic amines is 1. The maximum Gasteiger partial charge on any atom is 0.416 e. The van der Waals surface area contributed by atoms with E-state index in [0.717, 1.165) is 34.7 Å². The number of carbonyl (C=O) groups excluding carboxylic acids is 1. The lowest BCUT2D eigenvalue weighted by molar-refractivity contribution is -0.138. The SMILES string of the molecule is O=C(NC(S)c1ccc2[nH]ncc2c1)[C@@H]1COc2cc(C(F)(F)F)ccc2O1. The molecular formula is C18H14F3N3O3S. The topological polar surface area (TPSA) is 76.2 Å². The fourth-order valence-electron chi connectivity index (χ4n) is 2.82. The third-order valence-corrected chi connectivity index (χ3v) is 4.71. The minimum absolute atomic E-state index is 0.0493. The summed E-state index contributed by atoms with van der Waals surface area (Å²) in [5, 5.41) is 9.73. The molecule has 2 aromatic carbocycles. The number of nitrogens with zero attached hydrogens (tertiary/aromatic N) is 1. The van der Waals surface area contributed by atoms with E-state index in [0.29, 0.717) is 0 Å².